The maximum absolute atomic E-state index is 5.96. The lowest BCUT2D eigenvalue weighted by molar-refractivity contribution is 0.458. The van der Waals surface area contributed by atoms with Crippen LogP contribution in [0.5, 0.6) is 23.0 Å². The first-order chi connectivity index (χ1) is 10.7. The topological polar surface area (TPSA) is 18.5 Å². The molecule has 0 aromatic heterocycles. The van der Waals surface area contributed by atoms with Crippen molar-refractivity contribution in [2.75, 3.05) is 0 Å². The van der Waals surface area contributed by atoms with E-state index in [2.05, 4.69) is 15.9 Å². The summed E-state index contributed by atoms with van der Waals surface area (Å²) in [4.78, 5) is 0. The van der Waals surface area contributed by atoms with Crippen molar-refractivity contribution in [3.05, 3.63) is 82.8 Å². The zero-order valence-corrected chi connectivity index (χ0v) is 13.7. The van der Waals surface area contributed by atoms with E-state index in [9.17, 15) is 0 Å². The van der Waals surface area contributed by atoms with Crippen LogP contribution in [0.1, 0.15) is 5.56 Å². The molecule has 22 heavy (non-hydrogen) atoms. The number of hydrogen-bond acceptors (Lipinski definition) is 2. The number of rotatable bonds is 4. The van der Waals surface area contributed by atoms with E-state index in [1.54, 1.807) is 0 Å². The van der Waals surface area contributed by atoms with Gasteiger partial charge in [0.15, 0.2) is 0 Å². The molecule has 0 aliphatic heterocycles. The van der Waals surface area contributed by atoms with Gasteiger partial charge in [0.2, 0.25) is 0 Å². The number of benzene rings is 3. The molecule has 3 heteroatoms. The van der Waals surface area contributed by atoms with Crippen LogP contribution < -0.4 is 9.47 Å². The van der Waals surface area contributed by atoms with Gasteiger partial charge in [-0.05, 0) is 43.3 Å². The van der Waals surface area contributed by atoms with E-state index in [1.165, 1.54) is 0 Å². The largest absolute Gasteiger partial charge is 0.457 e. The van der Waals surface area contributed by atoms with Gasteiger partial charge in [-0.1, -0.05) is 46.3 Å². The summed E-state index contributed by atoms with van der Waals surface area (Å²) >= 11 is 3.51. The Bertz CT molecular complexity index is 769. The van der Waals surface area contributed by atoms with E-state index >= 15 is 0 Å². The zero-order chi connectivity index (χ0) is 15.4. The maximum Gasteiger partial charge on any atom is 0.131 e. The van der Waals surface area contributed by atoms with Gasteiger partial charge in [0.05, 0.1) is 0 Å². The van der Waals surface area contributed by atoms with Gasteiger partial charge in [0.25, 0.3) is 0 Å². The molecule has 2 nitrogen and oxygen atoms in total. The van der Waals surface area contributed by atoms with Crippen LogP contribution in [0.25, 0.3) is 0 Å². The first-order valence-corrected chi connectivity index (χ1v) is 7.77. The minimum absolute atomic E-state index is 0.745. The summed E-state index contributed by atoms with van der Waals surface area (Å²) in [6, 6.07) is 23.2. The third-order valence-corrected chi connectivity index (χ3v) is 4.09. The summed E-state index contributed by atoms with van der Waals surface area (Å²) in [5.74, 6) is 3.12. The van der Waals surface area contributed by atoms with Gasteiger partial charge in [-0.3, -0.25) is 0 Å². The molecule has 0 amide bonds. The van der Waals surface area contributed by atoms with Crippen LogP contribution in [0.15, 0.2) is 77.3 Å². The molecule has 0 saturated carbocycles. The normalized spacial score (nSPS) is 10.3. The summed E-state index contributed by atoms with van der Waals surface area (Å²) in [6.45, 7) is 2.02. The first-order valence-electron chi connectivity index (χ1n) is 6.98. The van der Waals surface area contributed by atoms with Crippen molar-refractivity contribution in [2.24, 2.45) is 0 Å². The summed E-state index contributed by atoms with van der Waals surface area (Å²) in [7, 11) is 0. The molecule has 0 heterocycles. The van der Waals surface area contributed by atoms with Crippen molar-refractivity contribution in [2.45, 2.75) is 6.92 Å². The molecule has 0 bridgehead atoms. The fourth-order valence-electron chi connectivity index (χ4n) is 2.05. The molecule has 0 atom stereocenters. The molecule has 0 N–H and O–H groups in total. The van der Waals surface area contributed by atoms with Crippen LogP contribution in [0.3, 0.4) is 0 Å². The molecule has 0 spiro atoms. The Morgan fingerprint density at radius 1 is 0.682 bits per heavy atom. The molecular formula is C19H15BrO2. The number of ether oxygens (including phenoxy) is 2. The Morgan fingerprint density at radius 3 is 2.09 bits per heavy atom. The van der Waals surface area contributed by atoms with Crippen molar-refractivity contribution in [3.63, 3.8) is 0 Å². The van der Waals surface area contributed by atoms with Gasteiger partial charge >= 0.3 is 0 Å². The second-order valence-electron chi connectivity index (χ2n) is 4.86. The van der Waals surface area contributed by atoms with E-state index in [0.29, 0.717) is 0 Å². The van der Waals surface area contributed by atoms with Crippen molar-refractivity contribution in [1.29, 1.82) is 0 Å². The van der Waals surface area contributed by atoms with Gasteiger partial charge in [0.1, 0.15) is 23.0 Å². The van der Waals surface area contributed by atoms with Crippen molar-refractivity contribution >= 4 is 15.9 Å². The molecule has 110 valence electrons. The number of halogens is 1. The Morgan fingerprint density at radius 2 is 1.32 bits per heavy atom. The molecule has 0 aliphatic carbocycles. The van der Waals surface area contributed by atoms with Crippen LogP contribution in [0, 0.1) is 6.92 Å². The van der Waals surface area contributed by atoms with Gasteiger partial charge in [-0.2, -0.15) is 0 Å². The smallest absolute Gasteiger partial charge is 0.131 e. The number of para-hydroxylation sites is 1. The highest BCUT2D eigenvalue weighted by atomic mass is 79.9. The lowest BCUT2D eigenvalue weighted by atomic mass is 10.2. The Kier molecular flexibility index (Phi) is 4.45. The average molecular weight is 355 g/mol. The molecule has 0 saturated heterocycles. The predicted molar refractivity (Wildman–Crippen MR) is 91.9 cm³/mol. The minimum atomic E-state index is 0.745. The minimum Gasteiger partial charge on any atom is -0.457 e. The molecule has 3 rings (SSSR count). The van der Waals surface area contributed by atoms with Crippen LogP contribution in [-0.2, 0) is 0 Å². The van der Waals surface area contributed by atoms with E-state index in [1.807, 2.05) is 79.7 Å². The fraction of sp³-hybridized carbons (Fsp3) is 0.0526. The second kappa shape index (κ2) is 6.67. The third-order valence-electron chi connectivity index (χ3n) is 3.23. The Balaban J connectivity index is 1.81. The highest BCUT2D eigenvalue weighted by Crippen LogP contribution is 2.32. The van der Waals surface area contributed by atoms with Crippen LogP contribution >= 0.6 is 15.9 Å². The monoisotopic (exact) mass is 354 g/mol. The first kappa shape index (κ1) is 14.7. The van der Waals surface area contributed by atoms with Crippen LogP contribution in [0.2, 0.25) is 0 Å². The molecular weight excluding hydrogens is 340 g/mol. The van der Waals surface area contributed by atoms with Gasteiger partial charge in [-0.25, -0.2) is 0 Å². The fourth-order valence-corrected chi connectivity index (χ4v) is 2.40. The molecule has 3 aromatic rings. The van der Waals surface area contributed by atoms with Crippen molar-refractivity contribution in [3.8, 4) is 23.0 Å². The lowest BCUT2D eigenvalue weighted by Crippen LogP contribution is -1.89. The highest BCUT2D eigenvalue weighted by molar-refractivity contribution is 9.10. The standard InChI is InChI=1S/C19H15BrO2/c1-14-18(20)11-6-12-19(14)22-17-10-5-9-16(13-17)21-15-7-3-2-4-8-15/h2-13H,1H3. The van der Waals surface area contributed by atoms with Gasteiger partial charge < -0.3 is 9.47 Å². The molecule has 0 radical (unpaired) electrons. The lowest BCUT2D eigenvalue weighted by Gasteiger charge is -2.11. The molecule has 0 aliphatic rings. The second-order valence-corrected chi connectivity index (χ2v) is 5.71. The van der Waals surface area contributed by atoms with Crippen LogP contribution in [-0.4, -0.2) is 0 Å². The van der Waals surface area contributed by atoms with Crippen LogP contribution in [0.4, 0.5) is 0 Å². The number of hydrogen-bond donors (Lipinski definition) is 0. The molecule has 0 fully saturated rings. The third kappa shape index (κ3) is 3.49. The van der Waals surface area contributed by atoms with Crippen molar-refractivity contribution in [1.82, 2.24) is 0 Å². The van der Waals surface area contributed by atoms with E-state index in [4.69, 9.17) is 9.47 Å². The SMILES string of the molecule is Cc1c(Br)cccc1Oc1cccc(Oc2ccccc2)c1. The van der Waals surface area contributed by atoms with Gasteiger partial charge in [0, 0.05) is 16.1 Å². The summed E-state index contributed by atoms with van der Waals surface area (Å²) < 4.78 is 12.8. The Hall–Kier alpha value is -2.26. The van der Waals surface area contributed by atoms with E-state index in [-0.39, 0.29) is 0 Å². The molecule has 0 unspecified atom stereocenters. The van der Waals surface area contributed by atoms with E-state index in [0.717, 1.165) is 33.0 Å². The summed E-state index contributed by atoms with van der Waals surface area (Å²) in [5.41, 5.74) is 1.07. The van der Waals surface area contributed by atoms with Gasteiger partial charge in [-0.15, -0.1) is 0 Å². The summed E-state index contributed by atoms with van der Waals surface area (Å²) in [6.07, 6.45) is 0. The summed E-state index contributed by atoms with van der Waals surface area (Å²) in [5, 5.41) is 0. The average Bonchev–Trinajstić information content (AvgIpc) is 2.53. The maximum atomic E-state index is 5.96. The highest BCUT2D eigenvalue weighted by Gasteiger charge is 2.05. The Labute approximate surface area is 138 Å². The van der Waals surface area contributed by atoms with E-state index < -0.39 is 0 Å². The quantitative estimate of drug-likeness (QED) is 0.543. The molecule has 3 aromatic carbocycles. The zero-order valence-electron chi connectivity index (χ0n) is 12.1. The van der Waals surface area contributed by atoms with Crippen molar-refractivity contribution < 1.29 is 9.47 Å². The predicted octanol–water partition coefficient (Wildman–Crippen LogP) is 6.34.